The van der Waals surface area contributed by atoms with Gasteiger partial charge >= 0.3 is 6.03 Å². The van der Waals surface area contributed by atoms with E-state index in [0.29, 0.717) is 16.5 Å². The van der Waals surface area contributed by atoms with Crippen molar-refractivity contribution in [1.82, 2.24) is 10.6 Å². The Hall–Kier alpha value is -1.14. The molecule has 1 rings (SSSR count). The molecule has 2 amide bonds. The molecule has 0 radical (unpaired) electrons. The van der Waals surface area contributed by atoms with Gasteiger partial charge in [-0.3, -0.25) is 0 Å². The molecule has 0 saturated carbocycles. The van der Waals surface area contributed by atoms with Crippen LogP contribution in [0.4, 0.5) is 9.18 Å². The van der Waals surface area contributed by atoms with Gasteiger partial charge in [0.15, 0.2) is 0 Å². The van der Waals surface area contributed by atoms with Crippen LogP contribution in [0.5, 0.6) is 0 Å². The van der Waals surface area contributed by atoms with Gasteiger partial charge in [0, 0.05) is 11.0 Å². The van der Waals surface area contributed by atoms with E-state index in [1.807, 2.05) is 6.92 Å². The summed E-state index contributed by atoms with van der Waals surface area (Å²) in [5.74, 6) is -0.358. The van der Waals surface area contributed by atoms with Crippen LogP contribution in [0.3, 0.4) is 0 Å². The first-order valence-corrected chi connectivity index (χ1v) is 6.44. The quantitative estimate of drug-likeness (QED) is 0.779. The second kappa shape index (κ2) is 7.33. The number of halogens is 2. The second-order valence-corrected chi connectivity index (χ2v) is 4.81. The Morgan fingerprint density at radius 2 is 2.22 bits per heavy atom. The summed E-state index contributed by atoms with van der Waals surface area (Å²) in [6.07, 6.45) is 0.648. The van der Waals surface area contributed by atoms with Crippen molar-refractivity contribution in [3.63, 3.8) is 0 Å². The highest BCUT2D eigenvalue weighted by Gasteiger charge is 2.08. The topological polar surface area (TPSA) is 61.4 Å². The van der Waals surface area contributed by atoms with Gasteiger partial charge in [0.25, 0.3) is 0 Å². The van der Waals surface area contributed by atoms with Crippen molar-refractivity contribution < 1.29 is 14.3 Å². The van der Waals surface area contributed by atoms with Crippen LogP contribution >= 0.6 is 15.9 Å². The summed E-state index contributed by atoms with van der Waals surface area (Å²) in [5.41, 5.74) is 0.661. The smallest absolute Gasteiger partial charge is 0.315 e. The summed E-state index contributed by atoms with van der Waals surface area (Å²) < 4.78 is 13.7. The highest BCUT2D eigenvalue weighted by Crippen LogP contribution is 2.14. The van der Waals surface area contributed by atoms with Crippen molar-refractivity contribution in [3.8, 4) is 0 Å². The van der Waals surface area contributed by atoms with Crippen LogP contribution in [0.2, 0.25) is 0 Å². The maximum absolute atomic E-state index is 13.1. The summed E-state index contributed by atoms with van der Waals surface area (Å²) in [6.45, 7) is 1.99. The summed E-state index contributed by atoms with van der Waals surface area (Å²) >= 11 is 3.18. The summed E-state index contributed by atoms with van der Waals surface area (Å²) in [6, 6.07) is 3.80. The number of amides is 2. The first-order chi connectivity index (χ1) is 8.55. The van der Waals surface area contributed by atoms with Crippen molar-refractivity contribution in [2.75, 3.05) is 6.61 Å². The number of aliphatic hydroxyl groups is 1. The molecule has 4 nitrogen and oxygen atoms in total. The number of carbonyl (C=O) groups excluding carboxylic acids is 1. The Bertz CT molecular complexity index is 391. The number of carbonyl (C=O) groups is 1. The van der Waals surface area contributed by atoms with Gasteiger partial charge in [0.1, 0.15) is 5.82 Å². The Balaban J connectivity index is 2.47. The average molecular weight is 319 g/mol. The molecule has 0 bridgehead atoms. The fourth-order valence-electron chi connectivity index (χ4n) is 1.41. The zero-order valence-corrected chi connectivity index (χ0v) is 11.6. The van der Waals surface area contributed by atoms with E-state index >= 15 is 0 Å². The minimum absolute atomic E-state index is 0.102. The van der Waals surface area contributed by atoms with Crippen molar-refractivity contribution in [3.05, 3.63) is 34.1 Å². The fraction of sp³-hybridized carbons (Fsp3) is 0.417. The number of benzene rings is 1. The third-order valence-corrected chi connectivity index (χ3v) is 2.88. The van der Waals surface area contributed by atoms with E-state index in [-0.39, 0.29) is 31.0 Å². The molecule has 0 fully saturated rings. The highest BCUT2D eigenvalue weighted by atomic mass is 79.9. The van der Waals surface area contributed by atoms with Crippen LogP contribution in [0.25, 0.3) is 0 Å². The number of nitrogens with one attached hydrogen (secondary N) is 2. The lowest BCUT2D eigenvalue weighted by molar-refractivity contribution is 0.214. The van der Waals surface area contributed by atoms with E-state index in [4.69, 9.17) is 5.11 Å². The maximum Gasteiger partial charge on any atom is 0.315 e. The van der Waals surface area contributed by atoms with Gasteiger partial charge in [-0.25, -0.2) is 9.18 Å². The molecule has 0 heterocycles. The Kier molecular flexibility index (Phi) is 6.07. The molecule has 6 heteroatoms. The molecule has 100 valence electrons. The SMILES string of the molecule is CCC(CO)NC(=O)NCc1cc(F)cc(Br)c1. The van der Waals surface area contributed by atoms with Gasteiger partial charge in [-0.1, -0.05) is 22.9 Å². The lowest BCUT2D eigenvalue weighted by atomic mass is 10.2. The van der Waals surface area contributed by atoms with Gasteiger partial charge in [-0.05, 0) is 30.2 Å². The van der Waals surface area contributed by atoms with Crippen molar-refractivity contribution in [2.45, 2.75) is 25.9 Å². The van der Waals surface area contributed by atoms with E-state index < -0.39 is 0 Å². The van der Waals surface area contributed by atoms with Crippen molar-refractivity contribution in [2.24, 2.45) is 0 Å². The van der Waals surface area contributed by atoms with E-state index in [1.165, 1.54) is 12.1 Å². The first-order valence-electron chi connectivity index (χ1n) is 5.65. The molecule has 18 heavy (non-hydrogen) atoms. The van der Waals surface area contributed by atoms with E-state index in [9.17, 15) is 9.18 Å². The Labute approximate surface area is 114 Å². The molecule has 0 aromatic heterocycles. The molecule has 0 aliphatic rings. The largest absolute Gasteiger partial charge is 0.394 e. The van der Waals surface area contributed by atoms with Gasteiger partial charge < -0.3 is 15.7 Å². The predicted octanol–water partition coefficient (Wildman–Crippen LogP) is 2.16. The van der Waals surface area contributed by atoms with Gasteiger partial charge in [0.05, 0.1) is 12.6 Å². The number of rotatable bonds is 5. The van der Waals surface area contributed by atoms with Gasteiger partial charge in [0.2, 0.25) is 0 Å². The summed E-state index contributed by atoms with van der Waals surface area (Å²) in [4.78, 5) is 11.5. The summed E-state index contributed by atoms with van der Waals surface area (Å²) in [7, 11) is 0. The molecule has 1 atom stereocenters. The average Bonchev–Trinajstić information content (AvgIpc) is 2.32. The number of hydrogen-bond acceptors (Lipinski definition) is 2. The molecule has 0 aliphatic heterocycles. The maximum atomic E-state index is 13.1. The third-order valence-electron chi connectivity index (χ3n) is 2.42. The van der Waals surface area contributed by atoms with Gasteiger partial charge in [-0.2, -0.15) is 0 Å². The van der Waals surface area contributed by atoms with Crippen LogP contribution in [0, 0.1) is 5.82 Å². The Morgan fingerprint density at radius 1 is 1.50 bits per heavy atom. The van der Waals surface area contributed by atoms with Crippen LogP contribution < -0.4 is 10.6 Å². The minimum atomic E-state index is -0.378. The lowest BCUT2D eigenvalue weighted by Crippen LogP contribution is -2.43. The Morgan fingerprint density at radius 3 is 2.78 bits per heavy atom. The number of urea groups is 1. The molecule has 0 spiro atoms. The standard InChI is InChI=1S/C12H16BrFN2O2/c1-2-11(7-17)16-12(18)15-6-8-3-9(13)5-10(14)4-8/h3-5,11,17H,2,6-7H2,1H3,(H2,15,16,18). The van der Waals surface area contributed by atoms with Crippen molar-refractivity contribution >= 4 is 22.0 Å². The number of aliphatic hydroxyl groups excluding tert-OH is 1. The number of hydrogen-bond donors (Lipinski definition) is 3. The van der Waals surface area contributed by atoms with Crippen LogP contribution in [0.1, 0.15) is 18.9 Å². The van der Waals surface area contributed by atoms with E-state index in [2.05, 4.69) is 26.6 Å². The lowest BCUT2D eigenvalue weighted by Gasteiger charge is -2.14. The molecule has 0 aliphatic carbocycles. The monoisotopic (exact) mass is 318 g/mol. The third kappa shape index (κ3) is 5.01. The van der Waals surface area contributed by atoms with Gasteiger partial charge in [-0.15, -0.1) is 0 Å². The molecule has 0 saturated heterocycles. The zero-order valence-electron chi connectivity index (χ0n) is 10.0. The second-order valence-electron chi connectivity index (χ2n) is 3.89. The molecule has 3 N–H and O–H groups in total. The zero-order chi connectivity index (χ0) is 13.5. The minimum Gasteiger partial charge on any atom is -0.394 e. The normalized spacial score (nSPS) is 12.0. The van der Waals surface area contributed by atoms with E-state index in [1.54, 1.807) is 6.07 Å². The fourth-order valence-corrected chi connectivity index (χ4v) is 1.92. The molecular formula is C12H16BrFN2O2. The van der Waals surface area contributed by atoms with Crippen molar-refractivity contribution in [1.29, 1.82) is 0 Å². The predicted molar refractivity (Wildman–Crippen MR) is 70.6 cm³/mol. The summed E-state index contributed by atoms with van der Waals surface area (Å²) in [5, 5.41) is 14.1. The molecule has 1 aromatic rings. The van der Waals surface area contributed by atoms with Crippen LogP contribution in [-0.4, -0.2) is 23.8 Å². The molecular weight excluding hydrogens is 303 g/mol. The molecule has 1 unspecified atom stereocenters. The van der Waals surface area contributed by atoms with Crippen LogP contribution in [0.15, 0.2) is 22.7 Å². The molecule has 1 aromatic carbocycles. The first kappa shape index (κ1) is 14.9. The van der Waals surface area contributed by atoms with E-state index in [0.717, 1.165) is 0 Å². The highest BCUT2D eigenvalue weighted by molar-refractivity contribution is 9.10. The van der Waals surface area contributed by atoms with Crippen LogP contribution in [-0.2, 0) is 6.54 Å².